The molecule has 0 saturated heterocycles. The van der Waals surface area contributed by atoms with E-state index in [0.717, 1.165) is 128 Å². The monoisotopic (exact) mass is 915 g/mol. The van der Waals surface area contributed by atoms with E-state index in [2.05, 4.69) is 130 Å². The molecule has 0 radical (unpaired) electrons. The summed E-state index contributed by atoms with van der Waals surface area (Å²) >= 11 is 0. The van der Waals surface area contributed by atoms with Crippen LogP contribution < -0.4 is 0 Å². The SMILES string of the molecule is CC/C=C\C/C=C\C/C=C\C/C=C\CCCCCCCCC(=O)OCC(COC(=O)CCCCCCC/C=C\CCCCCCC)OC(=O)CCCC/C=C\C/C=C\C/C=C\C/C=C\CC. The van der Waals surface area contributed by atoms with E-state index in [4.69, 9.17) is 14.2 Å². The highest BCUT2D eigenvalue weighted by Gasteiger charge is 2.19. The Morgan fingerprint density at radius 1 is 0.318 bits per heavy atom. The third-order valence-corrected chi connectivity index (χ3v) is 11.0. The highest BCUT2D eigenvalue weighted by Crippen LogP contribution is 2.13. The van der Waals surface area contributed by atoms with Gasteiger partial charge in [0.05, 0.1) is 0 Å². The number of esters is 3. The van der Waals surface area contributed by atoms with Gasteiger partial charge in [-0.3, -0.25) is 14.4 Å². The summed E-state index contributed by atoms with van der Waals surface area (Å²) < 4.78 is 16.8. The molecule has 0 fully saturated rings. The molecule has 1 unspecified atom stereocenters. The van der Waals surface area contributed by atoms with Crippen LogP contribution in [-0.4, -0.2) is 37.2 Å². The van der Waals surface area contributed by atoms with Crippen LogP contribution in [0, 0.1) is 0 Å². The maximum atomic E-state index is 12.8. The molecule has 6 nitrogen and oxygen atoms in total. The normalized spacial score (nSPS) is 13.0. The molecule has 0 aromatic heterocycles. The number of rotatable bonds is 47. The average molecular weight is 915 g/mol. The fourth-order valence-electron chi connectivity index (χ4n) is 7.01. The van der Waals surface area contributed by atoms with Crippen LogP contribution in [0.25, 0.3) is 0 Å². The highest BCUT2D eigenvalue weighted by molar-refractivity contribution is 5.71. The number of unbranched alkanes of at least 4 members (excludes halogenated alkanes) is 18. The molecule has 0 bridgehead atoms. The highest BCUT2D eigenvalue weighted by atomic mass is 16.6. The van der Waals surface area contributed by atoms with Crippen LogP contribution in [0.15, 0.2) is 109 Å². The first-order chi connectivity index (χ1) is 32.5. The molecule has 0 aliphatic rings. The lowest BCUT2D eigenvalue weighted by molar-refractivity contribution is -0.167. The predicted molar refractivity (Wildman–Crippen MR) is 283 cm³/mol. The minimum atomic E-state index is -0.811. The van der Waals surface area contributed by atoms with Crippen LogP contribution in [0.4, 0.5) is 0 Å². The summed E-state index contributed by atoms with van der Waals surface area (Å²) in [5.41, 5.74) is 0. The van der Waals surface area contributed by atoms with Crippen LogP contribution in [0.3, 0.4) is 0 Å². The molecular formula is C60H98O6. The van der Waals surface area contributed by atoms with Crippen molar-refractivity contribution in [1.29, 1.82) is 0 Å². The van der Waals surface area contributed by atoms with Gasteiger partial charge in [-0.25, -0.2) is 0 Å². The summed E-state index contributed by atoms with van der Waals surface area (Å²) in [6, 6.07) is 0. The van der Waals surface area contributed by atoms with E-state index in [1.54, 1.807) is 0 Å². The van der Waals surface area contributed by atoms with Gasteiger partial charge in [-0.05, 0) is 122 Å². The molecule has 0 aliphatic carbocycles. The Hall–Kier alpha value is -3.93. The van der Waals surface area contributed by atoms with E-state index in [9.17, 15) is 14.4 Å². The smallest absolute Gasteiger partial charge is 0.306 e. The topological polar surface area (TPSA) is 78.9 Å². The summed E-state index contributed by atoms with van der Waals surface area (Å²) in [5, 5.41) is 0. The van der Waals surface area contributed by atoms with Crippen molar-refractivity contribution < 1.29 is 28.6 Å². The molecule has 0 rings (SSSR count). The van der Waals surface area contributed by atoms with E-state index < -0.39 is 6.10 Å². The lowest BCUT2D eigenvalue weighted by Crippen LogP contribution is -2.30. The molecule has 0 aromatic carbocycles. The molecule has 0 spiro atoms. The number of carbonyl (C=O) groups is 3. The van der Waals surface area contributed by atoms with Gasteiger partial charge in [0.15, 0.2) is 6.10 Å². The fourth-order valence-corrected chi connectivity index (χ4v) is 7.01. The van der Waals surface area contributed by atoms with Crippen LogP contribution in [-0.2, 0) is 28.6 Å². The van der Waals surface area contributed by atoms with E-state index >= 15 is 0 Å². The minimum Gasteiger partial charge on any atom is -0.462 e. The summed E-state index contributed by atoms with van der Waals surface area (Å²) in [7, 11) is 0. The second-order valence-electron chi connectivity index (χ2n) is 17.4. The second-order valence-corrected chi connectivity index (χ2v) is 17.4. The molecule has 0 aromatic rings. The Balaban J connectivity index is 4.49. The molecule has 0 heterocycles. The van der Waals surface area contributed by atoms with Gasteiger partial charge in [-0.2, -0.15) is 0 Å². The molecule has 66 heavy (non-hydrogen) atoms. The zero-order valence-corrected chi connectivity index (χ0v) is 42.7. The number of hydrogen-bond donors (Lipinski definition) is 0. The zero-order chi connectivity index (χ0) is 47.9. The van der Waals surface area contributed by atoms with Crippen LogP contribution >= 0.6 is 0 Å². The van der Waals surface area contributed by atoms with Crippen LogP contribution in [0.1, 0.15) is 233 Å². The Morgan fingerprint density at radius 2 is 0.591 bits per heavy atom. The molecular weight excluding hydrogens is 817 g/mol. The summed E-state index contributed by atoms with van der Waals surface area (Å²) in [6.07, 6.45) is 72.1. The predicted octanol–water partition coefficient (Wildman–Crippen LogP) is 17.9. The Kier molecular flexibility index (Phi) is 50.5. The third kappa shape index (κ3) is 51.1. The maximum Gasteiger partial charge on any atom is 0.306 e. The van der Waals surface area contributed by atoms with Crippen molar-refractivity contribution in [3.63, 3.8) is 0 Å². The van der Waals surface area contributed by atoms with Gasteiger partial charge in [0.1, 0.15) is 13.2 Å². The van der Waals surface area contributed by atoms with Crippen molar-refractivity contribution in [3.8, 4) is 0 Å². The molecule has 0 amide bonds. The van der Waals surface area contributed by atoms with E-state index in [-0.39, 0.29) is 37.5 Å². The first-order valence-electron chi connectivity index (χ1n) is 26.9. The molecule has 0 aliphatic heterocycles. The Morgan fingerprint density at radius 3 is 0.970 bits per heavy atom. The zero-order valence-electron chi connectivity index (χ0n) is 42.7. The number of hydrogen-bond acceptors (Lipinski definition) is 6. The van der Waals surface area contributed by atoms with Gasteiger partial charge in [0, 0.05) is 19.3 Å². The quantitative estimate of drug-likeness (QED) is 0.0262. The van der Waals surface area contributed by atoms with Crippen LogP contribution in [0.5, 0.6) is 0 Å². The van der Waals surface area contributed by atoms with E-state index in [0.29, 0.717) is 19.3 Å². The van der Waals surface area contributed by atoms with Gasteiger partial charge < -0.3 is 14.2 Å². The van der Waals surface area contributed by atoms with Crippen molar-refractivity contribution in [1.82, 2.24) is 0 Å². The molecule has 6 heteroatoms. The van der Waals surface area contributed by atoms with Gasteiger partial charge >= 0.3 is 17.9 Å². The van der Waals surface area contributed by atoms with Gasteiger partial charge in [-0.1, -0.05) is 201 Å². The Bertz CT molecular complexity index is 1370. The average Bonchev–Trinajstić information content (AvgIpc) is 3.31. The molecule has 374 valence electrons. The fraction of sp³-hybridized carbons (Fsp3) is 0.650. The lowest BCUT2D eigenvalue weighted by Gasteiger charge is -2.18. The minimum absolute atomic E-state index is 0.105. The van der Waals surface area contributed by atoms with E-state index in [1.165, 1.54) is 57.8 Å². The van der Waals surface area contributed by atoms with Crippen molar-refractivity contribution >= 4 is 17.9 Å². The number of allylic oxidation sites excluding steroid dienone is 18. The molecule has 1 atom stereocenters. The lowest BCUT2D eigenvalue weighted by atomic mass is 10.1. The van der Waals surface area contributed by atoms with Gasteiger partial charge in [0.25, 0.3) is 0 Å². The maximum absolute atomic E-state index is 12.8. The van der Waals surface area contributed by atoms with Gasteiger partial charge in [-0.15, -0.1) is 0 Å². The standard InChI is InChI=1S/C60H98O6/c1-4-7-10-13-16-19-22-25-28-29-30-31-33-35-38-41-44-47-50-53-59(62)65-56-57(55-64-58(61)52-49-46-43-40-37-34-27-24-21-18-15-12-9-6-3)66-60(63)54-51-48-45-42-39-36-32-26-23-20-17-14-11-8-5-2/h7-8,10-11,16-17,19-20,24-28,30-32,39,42,57H,4-6,9,12-15,18,21-23,29,33-38,40-41,43-56H2,1-3H3/b10-7-,11-8-,19-16-,20-17-,27-24-,28-25-,31-30-,32-26-,42-39-. The van der Waals surface area contributed by atoms with Crippen molar-refractivity contribution in [3.05, 3.63) is 109 Å². The van der Waals surface area contributed by atoms with Crippen molar-refractivity contribution in [2.75, 3.05) is 13.2 Å². The van der Waals surface area contributed by atoms with E-state index in [1.807, 2.05) is 0 Å². The summed E-state index contributed by atoms with van der Waals surface area (Å²) in [5.74, 6) is -0.973. The number of carbonyl (C=O) groups excluding carboxylic acids is 3. The van der Waals surface area contributed by atoms with Crippen LogP contribution in [0.2, 0.25) is 0 Å². The summed E-state index contributed by atoms with van der Waals surface area (Å²) in [6.45, 7) is 6.34. The second kappa shape index (κ2) is 53.7. The largest absolute Gasteiger partial charge is 0.462 e. The van der Waals surface area contributed by atoms with Gasteiger partial charge in [0.2, 0.25) is 0 Å². The first kappa shape index (κ1) is 62.1. The number of ether oxygens (including phenoxy) is 3. The molecule has 0 N–H and O–H groups in total. The van der Waals surface area contributed by atoms with Crippen molar-refractivity contribution in [2.24, 2.45) is 0 Å². The molecule has 0 saturated carbocycles. The summed E-state index contributed by atoms with van der Waals surface area (Å²) in [4.78, 5) is 38.0. The van der Waals surface area contributed by atoms with Crippen molar-refractivity contribution in [2.45, 2.75) is 239 Å². The third-order valence-electron chi connectivity index (χ3n) is 11.0. The Labute approximate surface area is 406 Å². The first-order valence-corrected chi connectivity index (χ1v) is 26.9.